The van der Waals surface area contributed by atoms with Crippen LogP contribution in [0.25, 0.3) is 0 Å². The van der Waals surface area contributed by atoms with Crippen LogP contribution in [0.1, 0.15) is 128 Å². The first-order chi connectivity index (χ1) is 22.7. The van der Waals surface area contributed by atoms with Crippen molar-refractivity contribution >= 4 is 13.7 Å². The Labute approximate surface area is 280 Å². The van der Waals surface area contributed by atoms with Gasteiger partial charge in [-0.1, -0.05) is 103 Å². The van der Waals surface area contributed by atoms with Gasteiger partial charge in [-0.05, 0) is 20.3 Å². The molecule has 0 bridgehead atoms. The van der Waals surface area contributed by atoms with Gasteiger partial charge >= 0.3 is 19.4 Å². The van der Waals surface area contributed by atoms with Crippen LogP contribution in [0.15, 0.2) is 15.8 Å². The van der Waals surface area contributed by atoms with Crippen LogP contribution in [0.4, 0.5) is 0 Å². The van der Waals surface area contributed by atoms with Crippen LogP contribution < -0.4 is 16.3 Å². The molecule has 0 saturated carbocycles. The molecule has 1 aliphatic rings. The van der Waals surface area contributed by atoms with Crippen LogP contribution in [0.3, 0.4) is 0 Å². The molecule has 14 heteroatoms. The summed E-state index contributed by atoms with van der Waals surface area (Å²) in [5, 5.41) is 2.57. The van der Waals surface area contributed by atoms with Gasteiger partial charge in [0.2, 0.25) is 0 Å². The van der Waals surface area contributed by atoms with Crippen molar-refractivity contribution in [2.45, 2.75) is 142 Å². The number of aromatic amines is 1. The number of aryl methyl sites for hydroxylation is 1. The summed E-state index contributed by atoms with van der Waals surface area (Å²) in [6.07, 6.45) is 20.5. The molecule has 0 radical (unpaired) electrons. The van der Waals surface area contributed by atoms with Gasteiger partial charge in [0.25, 0.3) is 5.56 Å². The smallest absolute Gasteiger partial charge is 0.406 e. The lowest BCUT2D eigenvalue weighted by Gasteiger charge is -2.23. The van der Waals surface area contributed by atoms with Gasteiger partial charge in [0, 0.05) is 18.4 Å². The number of ether oxygens (including phenoxy) is 4. The summed E-state index contributed by atoms with van der Waals surface area (Å²) < 4.78 is 47.4. The molecule has 47 heavy (non-hydrogen) atoms. The van der Waals surface area contributed by atoms with E-state index >= 15 is 0 Å². The van der Waals surface area contributed by atoms with Gasteiger partial charge in [0.05, 0.1) is 26.9 Å². The van der Waals surface area contributed by atoms with Crippen molar-refractivity contribution in [2.24, 2.45) is 0 Å². The Kier molecular flexibility index (Phi) is 21.4. The maximum atomic E-state index is 13.5. The second-order valence-electron chi connectivity index (χ2n) is 12.2. The number of unbranched alkanes of at least 4 members (excludes halogenated alkanes) is 15. The van der Waals surface area contributed by atoms with Gasteiger partial charge in [-0.25, -0.2) is 14.4 Å². The number of hydrogen-bond donors (Lipinski definition) is 2. The predicted molar refractivity (Wildman–Crippen MR) is 180 cm³/mol. The van der Waals surface area contributed by atoms with Crippen molar-refractivity contribution in [3.63, 3.8) is 0 Å². The summed E-state index contributed by atoms with van der Waals surface area (Å²) in [5.41, 5.74) is -0.787. The summed E-state index contributed by atoms with van der Waals surface area (Å²) in [7, 11) is -2.79. The Hall–Kier alpha value is -1.86. The van der Waals surface area contributed by atoms with Crippen LogP contribution in [0.2, 0.25) is 0 Å². The number of H-pyrrole nitrogens is 1. The Morgan fingerprint density at radius 3 is 2.09 bits per heavy atom. The maximum absolute atomic E-state index is 13.5. The number of nitrogens with zero attached hydrogens (tertiary/aromatic N) is 1. The molecular formula is C33H60N3O10P. The largest absolute Gasteiger partial charge is 0.468 e. The molecule has 4 atom stereocenters. The van der Waals surface area contributed by atoms with Gasteiger partial charge < -0.3 is 18.9 Å². The highest BCUT2D eigenvalue weighted by Gasteiger charge is 2.35. The Morgan fingerprint density at radius 2 is 1.51 bits per heavy atom. The van der Waals surface area contributed by atoms with E-state index in [-0.39, 0.29) is 26.4 Å². The molecule has 13 nitrogen and oxygen atoms in total. The lowest BCUT2D eigenvalue weighted by Crippen LogP contribution is -2.35. The van der Waals surface area contributed by atoms with E-state index in [0.717, 1.165) is 12.8 Å². The third-order valence-corrected chi connectivity index (χ3v) is 9.82. The van der Waals surface area contributed by atoms with Crippen molar-refractivity contribution in [3.05, 3.63) is 32.6 Å². The topological polar surface area (TPSA) is 156 Å². The lowest BCUT2D eigenvalue weighted by atomic mass is 10.0. The van der Waals surface area contributed by atoms with E-state index < -0.39 is 43.5 Å². The average Bonchev–Trinajstić information content (AvgIpc) is 3.53. The summed E-state index contributed by atoms with van der Waals surface area (Å²) in [5.74, 6) is -0.640. The predicted octanol–water partition coefficient (Wildman–Crippen LogP) is 6.29. The molecule has 0 aromatic carbocycles. The molecule has 1 fully saturated rings. The van der Waals surface area contributed by atoms with E-state index in [9.17, 15) is 18.9 Å². The van der Waals surface area contributed by atoms with Crippen LogP contribution in [0.5, 0.6) is 0 Å². The van der Waals surface area contributed by atoms with Crippen molar-refractivity contribution in [1.29, 1.82) is 0 Å². The number of carbonyl (C=O) groups excluding carboxylic acids is 1. The molecule has 2 heterocycles. The number of hydrogen-bond acceptors (Lipinski definition) is 10. The zero-order chi connectivity index (χ0) is 34.3. The van der Waals surface area contributed by atoms with Gasteiger partial charge in [0.15, 0.2) is 12.5 Å². The van der Waals surface area contributed by atoms with E-state index in [1.54, 1.807) is 6.92 Å². The Balaban J connectivity index is 1.58. The lowest BCUT2D eigenvalue weighted by molar-refractivity contribution is -0.142. The highest BCUT2D eigenvalue weighted by atomic mass is 31.2. The maximum Gasteiger partial charge on any atom is 0.406 e. The summed E-state index contributed by atoms with van der Waals surface area (Å²) >= 11 is 0. The van der Waals surface area contributed by atoms with Gasteiger partial charge in [-0.3, -0.25) is 28.2 Å². The third kappa shape index (κ3) is 17.4. The number of methoxy groups -OCH3 is 1. The monoisotopic (exact) mass is 689 g/mol. The quantitative estimate of drug-likeness (QED) is 0.0579. The molecule has 1 aliphatic heterocycles. The molecule has 2 N–H and O–H groups in total. The van der Waals surface area contributed by atoms with E-state index in [4.69, 9.17) is 28.0 Å². The first-order valence-electron chi connectivity index (χ1n) is 17.6. The first kappa shape index (κ1) is 41.3. The molecule has 0 aliphatic carbocycles. The van der Waals surface area contributed by atoms with E-state index in [1.807, 2.05) is 0 Å². The summed E-state index contributed by atoms with van der Waals surface area (Å²) in [6.45, 7) is 5.74. The summed E-state index contributed by atoms with van der Waals surface area (Å²) in [4.78, 5) is 38.0. The van der Waals surface area contributed by atoms with Crippen molar-refractivity contribution in [2.75, 3.05) is 40.1 Å². The Morgan fingerprint density at radius 1 is 0.936 bits per heavy atom. The van der Waals surface area contributed by atoms with E-state index in [2.05, 4.69) is 17.0 Å². The van der Waals surface area contributed by atoms with Crippen molar-refractivity contribution < 1.29 is 37.4 Å². The van der Waals surface area contributed by atoms with Crippen molar-refractivity contribution in [3.8, 4) is 0 Å². The molecule has 1 aromatic rings. The molecule has 2 rings (SSSR count). The number of aromatic nitrogens is 2. The fourth-order valence-corrected chi connectivity index (χ4v) is 6.72. The molecule has 272 valence electrons. The number of esters is 1. The normalized spacial score (nSPS) is 18.3. The van der Waals surface area contributed by atoms with E-state index in [1.165, 1.54) is 115 Å². The van der Waals surface area contributed by atoms with Gasteiger partial charge in [-0.2, -0.15) is 0 Å². The average molecular weight is 690 g/mol. The molecule has 0 spiro atoms. The SMILES string of the molecule is CCCCCCCCCCCCCCCCCCOCCOP(=O)(N[C@@H](C)C(=O)OC)OC[C@@H]1OC[C@H](n2cc(C)c(=O)[nH]c2=O)O1. The fourth-order valence-electron chi connectivity index (χ4n) is 5.28. The molecule has 1 saturated heterocycles. The highest BCUT2D eigenvalue weighted by Crippen LogP contribution is 2.45. The highest BCUT2D eigenvalue weighted by molar-refractivity contribution is 7.51. The molecule has 1 aromatic heterocycles. The second-order valence-corrected chi connectivity index (χ2v) is 14.0. The minimum atomic E-state index is -4.01. The van der Waals surface area contributed by atoms with Crippen molar-refractivity contribution in [1.82, 2.24) is 14.6 Å². The molecule has 1 unspecified atom stereocenters. The number of nitrogens with one attached hydrogen (secondary N) is 2. The van der Waals surface area contributed by atoms with Crippen LogP contribution in [-0.4, -0.2) is 68.0 Å². The van der Waals surface area contributed by atoms with Crippen LogP contribution in [-0.2, 0) is 37.4 Å². The minimum absolute atomic E-state index is 0.00374. The standard InChI is InChI=1S/C33H60N3O10P/c1-5-6-7-8-9-10-11-12-13-14-15-16-17-18-19-20-21-42-22-23-44-47(40,35-28(3)32(38)41-4)45-26-30-43-25-29(46-30)36-24-27(2)31(37)34-33(36)39/h24,28-30H,5-23,25-26H2,1-4H3,(H,35,40)(H,34,37,39)/t28-,29+,30+,47?/m0/s1. The van der Waals surface area contributed by atoms with Crippen LogP contribution in [0, 0.1) is 6.92 Å². The van der Waals surface area contributed by atoms with Gasteiger partial charge in [0.1, 0.15) is 12.6 Å². The van der Waals surface area contributed by atoms with Gasteiger partial charge in [-0.15, -0.1) is 0 Å². The summed E-state index contributed by atoms with van der Waals surface area (Å²) in [6, 6.07) is -0.974. The number of carbonyl (C=O) groups is 1. The zero-order valence-corrected chi connectivity index (χ0v) is 30.0. The number of rotatable bonds is 28. The Bertz CT molecular complexity index is 1160. The first-order valence-corrected chi connectivity index (χ1v) is 19.1. The molecular weight excluding hydrogens is 629 g/mol. The second kappa shape index (κ2) is 24.3. The van der Waals surface area contributed by atoms with E-state index in [0.29, 0.717) is 12.2 Å². The third-order valence-electron chi connectivity index (χ3n) is 8.11. The minimum Gasteiger partial charge on any atom is -0.468 e. The molecule has 0 amide bonds. The van der Waals surface area contributed by atoms with Crippen LogP contribution >= 0.6 is 7.75 Å². The fraction of sp³-hybridized carbons (Fsp3) is 0.848. The zero-order valence-electron chi connectivity index (χ0n) is 29.1.